The van der Waals surface area contributed by atoms with Crippen LogP contribution in [0.1, 0.15) is 15.2 Å². The van der Waals surface area contributed by atoms with Gasteiger partial charge in [-0.25, -0.2) is 4.79 Å². The Morgan fingerprint density at radius 3 is 2.39 bits per heavy atom. The van der Waals surface area contributed by atoms with Crippen molar-refractivity contribution in [1.82, 2.24) is 5.32 Å². The van der Waals surface area contributed by atoms with Crippen LogP contribution in [0.2, 0.25) is 15.1 Å². The number of amides is 1. The number of carboxylic acids is 1. The predicted molar refractivity (Wildman–Crippen MR) is 114 cm³/mol. The number of benzene rings is 2. The van der Waals surface area contributed by atoms with Crippen LogP contribution in [0, 0.1) is 0 Å². The summed E-state index contributed by atoms with van der Waals surface area (Å²) in [5.74, 6) is -1.91. The van der Waals surface area contributed by atoms with Gasteiger partial charge in [-0.05, 0) is 42.5 Å². The van der Waals surface area contributed by atoms with Gasteiger partial charge in [0.2, 0.25) is 0 Å². The van der Waals surface area contributed by atoms with E-state index in [2.05, 4.69) is 5.32 Å². The van der Waals surface area contributed by atoms with Gasteiger partial charge in [0.1, 0.15) is 5.70 Å². The van der Waals surface area contributed by atoms with E-state index >= 15 is 0 Å². The van der Waals surface area contributed by atoms with E-state index in [0.29, 0.717) is 14.9 Å². The molecule has 4 nitrogen and oxygen atoms in total. The van der Waals surface area contributed by atoms with Crippen molar-refractivity contribution in [1.29, 1.82) is 0 Å². The molecule has 142 valence electrons. The number of nitrogens with one attached hydrogen (secondary N) is 1. The van der Waals surface area contributed by atoms with Crippen LogP contribution < -0.4 is 5.32 Å². The van der Waals surface area contributed by atoms with Crippen molar-refractivity contribution in [3.8, 4) is 10.4 Å². The largest absolute Gasteiger partial charge is 0.477 e. The molecule has 0 aliphatic rings. The Bertz CT molecular complexity index is 1090. The van der Waals surface area contributed by atoms with Crippen molar-refractivity contribution in [2.45, 2.75) is 0 Å². The first-order valence-electron chi connectivity index (χ1n) is 7.91. The summed E-state index contributed by atoms with van der Waals surface area (Å²) in [6, 6.07) is 15.3. The fourth-order valence-electron chi connectivity index (χ4n) is 2.39. The fraction of sp³-hybridized carbons (Fsp3) is 0. The van der Waals surface area contributed by atoms with Crippen molar-refractivity contribution in [3.63, 3.8) is 0 Å². The Morgan fingerprint density at radius 2 is 1.71 bits per heavy atom. The third kappa shape index (κ3) is 4.75. The summed E-state index contributed by atoms with van der Waals surface area (Å²) >= 11 is 19.4. The third-order valence-corrected chi connectivity index (χ3v) is 5.65. The molecule has 0 unspecified atom stereocenters. The Balaban J connectivity index is 1.87. The lowest BCUT2D eigenvalue weighted by Crippen LogP contribution is -2.27. The molecule has 0 spiro atoms. The van der Waals surface area contributed by atoms with E-state index < -0.39 is 11.9 Å². The Hall–Kier alpha value is -2.31. The molecular formula is C20H12Cl3NO3S. The van der Waals surface area contributed by atoms with E-state index in [0.717, 1.165) is 10.4 Å². The topological polar surface area (TPSA) is 66.4 Å². The van der Waals surface area contributed by atoms with Gasteiger partial charge in [0.05, 0.1) is 10.6 Å². The SMILES string of the molecule is O=C(O)C(=Cc1ccc(-c2ccccc2Cl)s1)NC(=O)c1ccc(Cl)cc1Cl. The number of hydrogen-bond donors (Lipinski definition) is 2. The summed E-state index contributed by atoms with van der Waals surface area (Å²) in [6.07, 6.45) is 1.38. The summed E-state index contributed by atoms with van der Waals surface area (Å²) in [7, 11) is 0. The first kappa shape index (κ1) is 20.4. The summed E-state index contributed by atoms with van der Waals surface area (Å²) in [6.45, 7) is 0. The lowest BCUT2D eigenvalue weighted by atomic mass is 10.2. The zero-order valence-corrected chi connectivity index (χ0v) is 17.2. The third-order valence-electron chi connectivity index (χ3n) is 3.71. The molecule has 0 saturated heterocycles. The summed E-state index contributed by atoms with van der Waals surface area (Å²) in [4.78, 5) is 25.5. The normalized spacial score (nSPS) is 11.3. The number of halogens is 3. The van der Waals surface area contributed by atoms with E-state index in [1.807, 2.05) is 24.3 Å². The van der Waals surface area contributed by atoms with Gasteiger partial charge in [-0.2, -0.15) is 0 Å². The van der Waals surface area contributed by atoms with Gasteiger partial charge in [0.25, 0.3) is 5.91 Å². The Labute approximate surface area is 180 Å². The minimum atomic E-state index is -1.27. The standard InChI is InChI=1S/C20H12Cl3NO3S/c21-11-5-7-14(16(23)9-11)19(25)24-17(20(26)27)10-12-6-8-18(28-12)13-3-1-2-4-15(13)22/h1-10H,(H,24,25)(H,26,27). The van der Waals surface area contributed by atoms with Crippen LogP contribution in [-0.2, 0) is 4.79 Å². The molecule has 0 atom stereocenters. The number of carboxylic acid groups (broad SMARTS) is 1. The smallest absolute Gasteiger partial charge is 0.352 e. The van der Waals surface area contributed by atoms with E-state index in [-0.39, 0.29) is 16.3 Å². The van der Waals surface area contributed by atoms with E-state index in [1.165, 1.54) is 35.6 Å². The number of rotatable bonds is 5. The zero-order chi connectivity index (χ0) is 20.3. The highest BCUT2D eigenvalue weighted by Gasteiger charge is 2.17. The first-order valence-corrected chi connectivity index (χ1v) is 9.86. The van der Waals surface area contributed by atoms with Gasteiger partial charge in [-0.3, -0.25) is 4.79 Å². The van der Waals surface area contributed by atoms with Crippen molar-refractivity contribution < 1.29 is 14.7 Å². The van der Waals surface area contributed by atoms with Crippen molar-refractivity contribution in [2.24, 2.45) is 0 Å². The van der Waals surface area contributed by atoms with Gasteiger partial charge in [0, 0.05) is 25.4 Å². The minimum absolute atomic E-state index is 0.126. The molecule has 1 amide bonds. The summed E-state index contributed by atoms with van der Waals surface area (Å²) < 4.78 is 0. The maximum atomic E-state index is 12.4. The first-order chi connectivity index (χ1) is 13.3. The number of carbonyl (C=O) groups excluding carboxylic acids is 1. The van der Waals surface area contributed by atoms with Gasteiger partial charge in [-0.15, -0.1) is 11.3 Å². The summed E-state index contributed by atoms with van der Waals surface area (Å²) in [5.41, 5.74) is 0.701. The zero-order valence-electron chi connectivity index (χ0n) is 14.1. The average molecular weight is 453 g/mol. The second kappa shape index (κ2) is 8.80. The van der Waals surface area contributed by atoms with Gasteiger partial charge >= 0.3 is 5.97 Å². The predicted octanol–water partition coefficient (Wildman–Crippen LogP) is 6.23. The Morgan fingerprint density at radius 1 is 0.964 bits per heavy atom. The molecule has 1 heterocycles. The quantitative estimate of drug-likeness (QED) is 0.451. The lowest BCUT2D eigenvalue weighted by Gasteiger charge is -2.07. The number of hydrogen-bond acceptors (Lipinski definition) is 3. The van der Waals surface area contributed by atoms with E-state index in [9.17, 15) is 14.7 Å². The molecule has 3 rings (SSSR count). The second-order valence-electron chi connectivity index (χ2n) is 5.62. The fourth-order valence-corrected chi connectivity index (χ4v) is 4.17. The van der Waals surface area contributed by atoms with Crippen molar-refractivity contribution in [3.05, 3.63) is 85.8 Å². The van der Waals surface area contributed by atoms with E-state index in [4.69, 9.17) is 34.8 Å². The Kier molecular flexibility index (Phi) is 6.42. The van der Waals surface area contributed by atoms with Crippen molar-refractivity contribution in [2.75, 3.05) is 0 Å². The highest BCUT2D eigenvalue weighted by Crippen LogP contribution is 2.34. The average Bonchev–Trinajstić information content (AvgIpc) is 3.09. The molecule has 0 saturated carbocycles. The molecule has 2 N–H and O–H groups in total. The van der Waals surface area contributed by atoms with Gasteiger partial charge in [-0.1, -0.05) is 53.0 Å². The highest BCUT2D eigenvalue weighted by atomic mass is 35.5. The maximum absolute atomic E-state index is 12.4. The van der Waals surface area contributed by atoms with Gasteiger partial charge in [0.15, 0.2) is 0 Å². The van der Waals surface area contributed by atoms with Crippen molar-refractivity contribution >= 4 is 64.1 Å². The van der Waals surface area contributed by atoms with Crippen LogP contribution in [-0.4, -0.2) is 17.0 Å². The summed E-state index contributed by atoms with van der Waals surface area (Å²) in [5, 5.41) is 12.9. The minimum Gasteiger partial charge on any atom is -0.477 e. The van der Waals surface area contributed by atoms with Crippen LogP contribution in [0.25, 0.3) is 16.5 Å². The highest BCUT2D eigenvalue weighted by molar-refractivity contribution is 7.16. The molecule has 2 aromatic carbocycles. The van der Waals surface area contributed by atoms with Crippen LogP contribution in [0.3, 0.4) is 0 Å². The number of carbonyl (C=O) groups is 2. The molecule has 0 bridgehead atoms. The molecule has 8 heteroatoms. The lowest BCUT2D eigenvalue weighted by molar-refractivity contribution is -0.132. The number of thiophene rings is 1. The van der Waals surface area contributed by atoms with E-state index in [1.54, 1.807) is 12.1 Å². The number of aliphatic carboxylic acids is 1. The maximum Gasteiger partial charge on any atom is 0.352 e. The molecule has 1 aromatic heterocycles. The molecule has 28 heavy (non-hydrogen) atoms. The van der Waals surface area contributed by atoms with Crippen LogP contribution >= 0.6 is 46.1 Å². The molecule has 3 aromatic rings. The van der Waals surface area contributed by atoms with Gasteiger partial charge < -0.3 is 10.4 Å². The molecule has 0 radical (unpaired) electrons. The molecular weight excluding hydrogens is 441 g/mol. The molecule has 0 aliphatic heterocycles. The van der Waals surface area contributed by atoms with Crippen LogP contribution in [0.5, 0.6) is 0 Å². The monoisotopic (exact) mass is 451 g/mol. The van der Waals surface area contributed by atoms with Crippen LogP contribution in [0.15, 0.2) is 60.3 Å². The molecule has 0 aliphatic carbocycles. The molecule has 0 fully saturated rings. The van der Waals surface area contributed by atoms with Crippen LogP contribution in [0.4, 0.5) is 0 Å². The second-order valence-corrected chi connectivity index (χ2v) is 7.99.